The number of nitrogens with one attached hydrogen (secondary N) is 1. The first-order valence-electron chi connectivity index (χ1n) is 13.7. The van der Waals surface area contributed by atoms with Gasteiger partial charge in [-0.15, -0.1) is 13.2 Å². The van der Waals surface area contributed by atoms with Crippen molar-refractivity contribution < 1.29 is 9.53 Å². The SMILES string of the molecule is C=C.C=O.CCCN(C)C[C@]1(NC)[C@@H]2CC[C@H]1Cc1ccc(OCCN(CCC)CCC)cc1C2. The maximum Gasteiger partial charge on any atom is 0.119 e. The average Bonchev–Trinajstić information content (AvgIpc) is 3.12. The molecule has 1 N–H and O–H groups in total. The number of fused-ring (bicyclic) bond motifs is 3. The number of likely N-dealkylation sites (N-methyl/N-ethyl adjacent to an activating group) is 2. The van der Waals surface area contributed by atoms with Crippen molar-refractivity contribution in [1.29, 1.82) is 0 Å². The number of rotatable bonds is 13. The van der Waals surface area contributed by atoms with Gasteiger partial charge in [0.2, 0.25) is 0 Å². The molecule has 3 rings (SSSR count). The van der Waals surface area contributed by atoms with E-state index >= 15 is 0 Å². The zero-order valence-electron chi connectivity index (χ0n) is 23.4. The Morgan fingerprint density at radius 2 is 1.51 bits per heavy atom. The van der Waals surface area contributed by atoms with Crippen molar-refractivity contribution in [2.24, 2.45) is 11.8 Å². The largest absolute Gasteiger partial charge is 0.492 e. The van der Waals surface area contributed by atoms with E-state index in [0.717, 1.165) is 31.4 Å². The lowest BCUT2D eigenvalue weighted by Crippen LogP contribution is -2.58. The highest BCUT2D eigenvalue weighted by molar-refractivity contribution is 5.39. The van der Waals surface area contributed by atoms with E-state index in [2.05, 4.69) is 81.3 Å². The van der Waals surface area contributed by atoms with Gasteiger partial charge in [0, 0.05) is 18.6 Å². The highest BCUT2D eigenvalue weighted by Gasteiger charge is 2.50. The Bertz CT molecular complexity index is 705. The normalized spacial score (nSPS) is 22.5. The summed E-state index contributed by atoms with van der Waals surface area (Å²) in [5.74, 6) is 2.50. The Balaban J connectivity index is 0.00000145. The Morgan fingerprint density at radius 3 is 2.06 bits per heavy atom. The number of nitrogens with zero attached hydrogens (tertiary/aromatic N) is 2. The molecule has 2 aliphatic carbocycles. The number of carbonyl (C=O) groups is 1. The van der Waals surface area contributed by atoms with Gasteiger partial charge in [-0.05, 0) is 114 Å². The van der Waals surface area contributed by atoms with E-state index in [1.807, 2.05) is 6.79 Å². The Morgan fingerprint density at radius 1 is 0.943 bits per heavy atom. The van der Waals surface area contributed by atoms with Gasteiger partial charge >= 0.3 is 0 Å². The third-order valence-electron chi connectivity index (χ3n) is 7.79. The predicted octanol–water partition coefficient (Wildman–Crippen LogP) is 5.23. The van der Waals surface area contributed by atoms with Gasteiger partial charge in [-0.2, -0.15) is 0 Å². The predicted molar refractivity (Wildman–Crippen MR) is 151 cm³/mol. The fourth-order valence-corrected chi connectivity index (χ4v) is 6.34. The molecule has 0 aliphatic heterocycles. The second kappa shape index (κ2) is 16.9. The summed E-state index contributed by atoms with van der Waals surface area (Å²) in [4.78, 5) is 13.1. The minimum absolute atomic E-state index is 0.241. The fraction of sp³-hybridized carbons (Fsp3) is 0.700. The van der Waals surface area contributed by atoms with Crippen LogP contribution in [0.15, 0.2) is 31.4 Å². The van der Waals surface area contributed by atoms with Gasteiger partial charge in [0.05, 0.1) is 0 Å². The summed E-state index contributed by atoms with van der Waals surface area (Å²) in [6.07, 6.45) is 8.73. The van der Waals surface area contributed by atoms with Crippen molar-refractivity contribution in [3.63, 3.8) is 0 Å². The Hall–Kier alpha value is -1.69. The van der Waals surface area contributed by atoms with E-state index in [9.17, 15) is 0 Å². The smallest absolute Gasteiger partial charge is 0.119 e. The number of hydrogen-bond acceptors (Lipinski definition) is 5. The summed E-state index contributed by atoms with van der Waals surface area (Å²) in [6.45, 7) is 21.3. The molecule has 200 valence electrons. The quantitative estimate of drug-likeness (QED) is 0.386. The van der Waals surface area contributed by atoms with Gasteiger partial charge in [0.25, 0.3) is 0 Å². The van der Waals surface area contributed by atoms with Crippen LogP contribution in [-0.4, -0.2) is 75.6 Å². The third kappa shape index (κ3) is 8.44. The summed E-state index contributed by atoms with van der Waals surface area (Å²) < 4.78 is 6.23. The maximum atomic E-state index is 8.00. The average molecular weight is 488 g/mol. The molecule has 0 spiro atoms. The van der Waals surface area contributed by atoms with Gasteiger partial charge in [-0.3, -0.25) is 4.90 Å². The van der Waals surface area contributed by atoms with Crippen LogP contribution in [0.25, 0.3) is 0 Å². The van der Waals surface area contributed by atoms with E-state index in [0.29, 0.717) is 5.92 Å². The van der Waals surface area contributed by atoms with Gasteiger partial charge in [0.1, 0.15) is 19.1 Å². The molecule has 1 aromatic rings. The molecule has 1 fully saturated rings. The molecule has 0 radical (unpaired) electrons. The highest BCUT2D eigenvalue weighted by Crippen LogP contribution is 2.47. The molecular weight excluding hydrogens is 434 g/mol. The molecule has 0 unspecified atom stereocenters. The molecular formula is C30H53N3O2. The topological polar surface area (TPSA) is 44.8 Å². The van der Waals surface area contributed by atoms with Crippen LogP contribution in [-0.2, 0) is 17.6 Å². The molecule has 5 nitrogen and oxygen atoms in total. The molecule has 35 heavy (non-hydrogen) atoms. The Labute approximate surface area is 216 Å². The highest BCUT2D eigenvalue weighted by atomic mass is 16.5. The van der Waals surface area contributed by atoms with Crippen LogP contribution in [0.5, 0.6) is 5.75 Å². The van der Waals surface area contributed by atoms with Gasteiger partial charge in [-0.25, -0.2) is 0 Å². The lowest BCUT2D eigenvalue weighted by Gasteiger charge is -2.42. The maximum absolute atomic E-state index is 8.00. The Kier molecular flexibility index (Phi) is 15.1. The first-order chi connectivity index (χ1) is 17.1. The van der Waals surface area contributed by atoms with Crippen molar-refractivity contribution in [2.75, 3.05) is 53.4 Å². The number of carbonyl (C=O) groups excluding carboxylic acids is 1. The first kappa shape index (κ1) is 31.3. The van der Waals surface area contributed by atoms with Crippen LogP contribution in [0.4, 0.5) is 0 Å². The summed E-state index contributed by atoms with van der Waals surface area (Å²) >= 11 is 0. The second-order valence-corrected chi connectivity index (χ2v) is 10.0. The molecule has 0 aromatic heterocycles. The van der Waals surface area contributed by atoms with Crippen molar-refractivity contribution in [3.8, 4) is 5.75 Å². The van der Waals surface area contributed by atoms with Crippen LogP contribution < -0.4 is 10.1 Å². The molecule has 1 aromatic carbocycles. The van der Waals surface area contributed by atoms with E-state index in [1.54, 1.807) is 5.56 Å². The van der Waals surface area contributed by atoms with Crippen molar-refractivity contribution in [1.82, 2.24) is 15.1 Å². The lowest BCUT2D eigenvalue weighted by molar-refractivity contribution is -0.0979. The molecule has 0 saturated heterocycles. The van der Waals surface area contributed by atoms with E-state index < -0.39 is 0 Å². The van der Waals surface area contributed by atoms with Crippen LogP contribution in [0.3, 0.4) is 0 Å². The van der Waals surface area contributed by atoms with E-state index in [1.165, 1.54) is 70.1 Å². The minimum Gasteiger partial charge on any atom is -0.492 e. The standard InChI is InChI=1S/C27H47N3O.C2H4.CH2O/c1-6-13-29(5)21-27(28-4)24-10-11-25(27)19-23-20-26(12-9-22(23)18-24)31-17-16-30(14-7-2)15-8-3;2*1-2/h9,12,20,24-25,28H,6-8,10-11,13-19,21H2,1-5H3;1-2H2;1H2/t24-,25+,27+;;/m0../s1. The van der Waals surface area contributed by atoms with Crippen LogP contribution in [0.1, 0.15) is 64.0 Å². The van der Waals surface area contributed by atoms with Crippen LogP contribution >= 0.6 is 0 Å². The van der Waals surface area contributed by atoms with Crippen LogP contribution in [0.2, 0.25) is 0 Å². The fourth-order valence-electron chi connectivity index (χ4n) is 6.34. The van der Waals surface area contributed by atoms with Crippen LogP contribution in [0, 0.1) is 11.8 Å². The van der Waals surface area contributed by atoms with Crippen molar-refractivity contribution >= 4 is 6.79 Å². The monoisotopic (exact) mass is 487 g/mol. The first-order valence-corrected chi connectivity index (χ1v) is 13.7. The minimum atomic E-state index is 0.241. The molecule has 5 heteroatoms. The number of ether oxygens (including phenoxy) is 1. The second-order valence-electron chi connectivity index (χ2n) is 10.0. The van der Waals surface area contributed by atoms with E-state index in [4.69, 9.17) is 9.53 Å². The molecule has 2 aliphatic rings. The third-order valence-corrected chi connectivity index (χ3v) is 7.79. The number of benzene rings is 1. The molecule has 3 atom stereocenters. The summed E-state index contributed by atoms with van der Waals surface area (Å²) in [5, 5.41) is 3.85. The van der Waals surface area contributed by atoms with Crippen molar-refractivity contribution in [2.45, 2.75) is 71.3 Å². The van der Waals surface area contributed by atoms with Gasteiger partial charge < -0.3 is 19.7 Å². The number of hydrogen-bond donors (Lipinski definition) is 1. The van der Waals surface area contributed by atoms with Crippen molar-refractivity contribution in [3.05, 3.63) is 42.5 Å². The zero-order valence-corrected chi connectivity index (χ0v) is 23.4. The zero-order chi connectivity index (χ0) is 26.3. The molecule has 0 heterocycles. The molecule has 0 amide bonds. The summed E-state index contributed by atoms with van der Waals surface area (Å²) in [7, 11) is 4.50. The van der Waals surface area contributed by atoms with Gasteiger partial charge in [0.15, 0.2) is 0 Å². The molecule has 1 saturated carbocycles. The van der Waals surface area contributed by atoms with Gasteiger partial charge in [-0.1, -0.05) is 26.8 Å². The van der Waals surface area contributed by atoms with E-state index in [-0.39, 0.29) is 5.54 Å². The lowest BCUT2D eigenvalue weighted by atomic mass is 9.78. The summed E-state index contributed by atoms with van der Waals surface area (Å²) in [6, 6.07) is 6.93. The summed E-state index contributed by atoms with van der Waals surface area (Å²) in [5.41, 5.74) is 3.32. The molecule has 2 bridgehead atoms.